The first-order chi connectivity index (χ1) is 7.56. The molecule has 1 heterocycles. The summed E-state index contributed by atoms with van der Waals surface area (Å²) in [6.07, 6.45) is 0. The van der Waals surface area contributed by atoms with Crippen LogP contribution in [-0.2, 0) is 9.84 Å². The highest BCUT2D eigenvalue weighted by Crippen LogP contribution is 2.36. The molecule has 86 valence electrons. The van der Waals surface area contributed by atoms with Gasteiger partial charge in [-0.1, -0.05) is 19.1 Å². The Morgan fingerprint density at radius 2 is 2.06 bits per heavy atom. The van der Waals surface area contributed by atoms with Gasteiger partial charge in [0.1, 0.15) is 0 Å². The lowest BCUT2D eigenvalue weighted by atomic mass is 10.0. The molecular formula is C12H14O2S2. The lowest BCUT2D eigenvalue weighted by Gasteiger charge is -2.06. The van der Waals surface area contributed by atoms with Crippen molar-refractivity contribution in [2.75, 3.05) is 11.5 Å². The van der Waals surface area contributed by atoms with Gasteiger partial charge in [0.05, 0.1) is 4.90 Å². The van der Waals surface area contributed by atoms with Gasteiger partial charge in [-0.25, -0.2) is 8.42 Å². The maximum atomic E-state index is 11.9. The molecule has 0 amide bonds. The molecule has 16 heavy (non-hydrogen) atoms. The first kappa shape index (κ1) is 11.7. The summed E-state index contributed by atoms with van der Waals surface area (Å²) in [4.78, 5) is 0.471. The number of aryl methyl sites for hydroxylation is 1. The summed E-state index contributed by atoms with van der Waals surface area (Å²) in [6.45, 7) is 4.04. The van der Waals surface area contributed by atoms with Crippen molar-refractivity contribution in [2.24, 2.45) is 0 Å². The van der Waals surface area contributed by atoms with Crippen LogP contribution in [0.3, 0.4) is 0 Å². The Balaban J connectivity index is 2.53. The van der Waals surface area contributed by atoms with Gasteiger partial charge >= 0.3 is 0 Å². The Bertz CT molecular complexity index is 542. The Morgan fingerprint density at radius 1 is 1.31 bits per heavy atom. The largest absolute Gasteiger partial charge is 0.219 e. The molecule has 0 N–H and O–H groups in total. The van der Waals surface area contributed by atoms with E-state index in [2.05, 4.69) is 6.92 Å². The molecular weight excluding hydrogens is 240 g/mol. The predicted octanol–water partition coefficient (Wildman–Crippen LogP) is 2.88. The van der Waals surface area contributed by atoms with E-state index in [-0.39, 0.29) is 0 Å². The van der Waals surface area contributed by atoms with Gasteiger partial charge in [0, 0.05) is 16.7 Å². The fourth-order valence-corrected chi connectivity index (χ4v) is 4.22. The Morgan fingerprint density at radius 3 is 2.75 bits per heavy atom. The highest BCUT2D eigenvalue weighted by molar-refractivity contribution is 8.00. The summed E-state index contributed by atoms with van der Waals surface area (Å²) in [5.74, 6) is 1.77. The van der Waals surface area contributed by atoms with Crippen molar-refractivity contribution in [1.82, 2.24) is 0 Å². The SMILES string of the molecule is CCSCC1=CS(=O)(=O)c2cccc(C)c21. The molecule has 0 radical (unpaired) electrons. The van der Waals surface area contributed by atoms with Crippen molar-refractivity contribution in [2.45, 2.75) is 18.7 Å². The second-order valence-corrected chi connectivity index (χ2v) is 6.81. The highest BCUT2D eigenvalue weighted by Gasteiger charge is 2.27. The van der Waals surface area contributed by atoms with Gasteiger partial charge in [-0.15, -0.1) is 0 Å². The van der Waals surface area contributed by atoms with Crippen molar-refractivity contribution in [3.05, 3.63) is 34.7 Å². The summed E-state index contributed by atoms with van der Waals surface area (Å²) >= 11 is 1.75. The van der Waals surface area contributed by atoms with Gasteiger partial charge in [0.25, 0.3) is 0 Å². The Labute approximate surface area is 101 Å². The lowest BCUT2D eigenvalue weighted by molar-refractivity contribution is 0.605. The normalized spacial score (nSPS) is 17.0. The first-order valence-corrected chi connectivity index (χ1v) is 7.89. The third-order valence-corrected chi connectivity index (χ3v) is 5.09. The summed E-state index contributed by atoms with van der Waals surface area (Å²) in [5, 5.41) is 1.42. The zero-order chi connectivity index (χ0) is 11.8. The van der Waals surface area contributed by atoms with Crippen LogP contribution in [0.2, 0.25) is 0 Å². The van der Waals surface area contributed by atoms with Crippen LogP contribution in [0, 0.1) is 6.92 Å². The van der Waals surface area contributed by atoms with Crippen molar-refractivity contribution >= 4 is 27.2 Å². The highest BCUT2D eigenvalue weighted by atomic mass is 32.2. The van der Waals surface area contributed by atoms with E-state index < -0.39 is 9.84 Å². The van der Waals surface area contributed by atoms with Gasteiger partial charge in [-0.05, 0) is 29.9 Å². The second kappa shape index (κ2) is 4.26. The Kier molecular flexibility index (Phi) is 3.13. The fourth-order valence-electron chi connectivity index (χ4n) is 1.92. The zero-order valence-corrected chi connectivity index (χ0v) is 11.0. The third kappa shape index (κ3) is 1.92. The molecule has 0 spiro atoms. The van der Waals surface area contributed by atoms with Crippen molar-refractivity contribution in [3.8, 4) is 0 Å². The van der Waals surface area contributed by atoms with Crippen LogP contribution in [0.25, 0.3) is 5.57 Å². The van der Waals surface area contributed by atoms with E-state index in [1.165, 1.54) is 5.41 Å². The number of hydrogen-bond donors (Lipinski definition) is 0. The molecule has 0 aliphatic carbocycles. The van der Waals surface area contributed by atoms with E-state index in [9.17, 15) is 8.42 Å². The molecule has 2 nitrogen and oxygen atoms in total. The number of fused-ring (bicyclic) bond motifs is 1. The zero-order valence-electron chi connectivity index (χ0n) is 9.36. The molecule has 1 aliphatic rings. The van der Waals surface area contributed by atoms with E-state index >= 15 is 0 Å². The summed E-state index contributed by atoms with van der Waals surface area (Å²) in [6, 6.07) is 5.46. The van der Waals surface area contributed by atoms with Gasteiger partial charge in [0.2, 0.25) is 9.84 Å². The molecule has 0 bridgehead atoms. The van der Waals surface area contributed by atoms with E-state index in [1.807, 2.05) is 13.0 Å². The molecule has 0 unspecified atom stereocenters. The molecule has 1 aromatic carbocycles. The molecule has 1 aromatic rings. The second-order valence-electron chi connectivity index (χ2n) is 3.77. The van der Waals surface area contributed by atoms with Crippen LogP contribution >= 0.6 is 11.8 Å². The predicted molar refractivity (Wildman–Crippen MR) is 69.3 cm³/mol. The maximum Gasteiger partial charge on any atom is 0.200 e. The lowest BCUT2D eigenvalue weighted by Crippen LogP contribution is -1.95. The summed E-state index contributed by atoms with van der Waals surface area (Å²) < 4.78 is 23.8. The van der Waals surface area contributed by atoms with Crippen molar-refractivity contribution < 1.29 is 8.42 Å². The van der Waals surface area contributed by atoms with Crippen LogP contribution < -0.4 is 0 Å². The summed E-state index contributed by atoms with van der Waals surface area (Å²) in [5.41, 5.74) is 2.91. The number of hydrogen-bond acceptors (Lipinski definition) is 3. The van der Waals surface area contributed by atoms with Crippen LogP contribution in [-0.4, -0.2) is 19.9 Å². The molecule has 0 fully saturated rings. The topological polar surface area (TPSA) is 34.1 Å². The first-order valence-electron chi connectivity index (χ1n) is 5.19. The molecule has 0 saturated carbocycles. The van der Waals surface area contributed by atoms with Gasteiger partial charge in [0.15, 0.2) is 0 Å². The van der Waals surface area contributed by atoms with Gasteiger partial charge in [-0.2, -0.15) is 11.8 Å². The monoisotopic (exact) mass is 254 g/mol. The number of benzene rings is 1. The average Bonchev–Trinajstić information content (AvgIpc) is 2.49. The maximum absolute atomic E-state index is 11.9. The Hall–Kier alpha value is -0.740. The number of thioether (sulfide) groups is 1. The quantitative estimate of drug-likeness (QED) is 0.831. The third-order valence-electron chi connectivity index (χ3n) is 2.62. The number of rotatable bonds is 3. The fraction of sp³-hybridized carbons (Fsp3) is 0.333. The summed E-state index contributed by atoms with van der Waals surface area (Å²) in [7, 11) is -3.18. The molecule has 1 aliphatic heterocycles. The molecule has 2 rings (SSSR count). The number of sulfone groups is 1. The molecule has 0 atom stereocenters. The standard InChI is InChI=1S/C12H14O2S2/c1-3-15-7-10-8-16(13,14)11-6-4-5-9(2)12(10)11/h4-6,8H,3,7H2,1-2H3. The minimum atomic E-state index is -3.18. The molecule has 4 heteroatoms. The van der Waals surface area contributed by atoms with E-state index in [0.29, 0.717) is 4.90 Å². The minimum absolute atomic E-state index is 0.471. The van der Waals surface area contributed by atoms with Crippen LogP contribution in [0.5, 0.6) is 0 Å². The van der Waals surface area contributed by atoms with Crippen molar-refractivity contribution in [3.63, 3.8) is 0 Å². The van der Waals surface area contributed by atoms with E-state index in [4.69, 9.17) is 0 Å². The van der Waals surface area contributed by atoms with E-state index in [0.717, 1.165) is 28.2 Å². The smallest absolute Gasteiger partial charge is 0.200 e. The van der Waals surface area contributed by atoms with Gasteiger partial charge < -0.3 is 0 Å². The van der Waals surface area contributed by atoms with Crippen molar-refractivity contribution in [1.29, 1.82) is 0 Å². The minimum Gasteiger partial charge on any atom is -0.219 e. The van der Waals surface area contributed by atoms with Gasteiger partial charge in [-0.3, -0.25) is 0 Å². The molecule has 0 aromatic heterocycles. The van der Waals surface area contributed by atoms with E-state index in [1.54, 1.807) is 23.9 Å². The van der Waals surface area contributed by atoms with Crippen LogP contribution in [0.15, 0.2) is 28.5 Å². The van der Waals surface area contributed by atoms with Crippen LogP contribution in [0.1, 0.15) is 18.1 Å². The average molecular weight is 254 g/mol. The van der Waals surface area contributed by atoms with Crippen LogP contribution in [0.4, 0.5) is 0 Å². The molecule has 0 saturated heterocycles.